The van der Waals surface area contributed by atoms with Gasteiger partial charge in [-0.15, -0.1) is 23.5 Å². The molecule has 1 heterocycles. The Morgan fingerprint density at radius 2 is 2.13 bits per heavy atom. The third kappa shape index (κ3) is 3.14. The molecule has 5 heteroatoms. The third-order valence-electron chi connectivity index (χ3n) is 1.80. The number of allylic oxidation sites excluding steroid dienone is 1. The summed E-state index contributed by atoms with van der Waals surface area (Å²) in [5, 5.41) is 7.67. The summed E-state index contributed by atoms with van der Waals surface area (Å²) >= 11 is 0. The minimum atomic E-state index is 0.476. The number of hydrazone groups is 1. The van der Waals surface area contributed by atoms with Crippen molar-refractivity contribution in [2.75, 3.05) is 13.1 Å². The van der Waals surface area contributed by atoms with Crippen LogP contribution < -0.4 is 11.2 Å². The summed E-state index contributed by atoms with van der Waals surface area (Å²) in [6.07, 6.45) is 5.37. The summed E-state index contributed by atoms with van der Waals surface area (Å²) < 4.78 is 0. The second-order valence-corrected chi connectivity index (χ2v) is 3.20. The molecule has 0 saturated heterocycles. The van der Waals surface area contributed by atoms with Gasteiger partial charge in [0.05, 0.1) is 0 Å². The first-order valence-electron chi connectivity index (χ1n) is 4.73. The largest absolute Gasteiger partial charge is 0.382 e. The van der Waals surface area contributed by atoms with Gasteiger partial charge in [-0.05, 0) is 6.92 Å². The van der Waals surface area contributed by atoms with Crippen molar-refractivity contribution in [3.8, 4) is 0 Å². The molecule has 0 unspecified atom stereocenters. The number of nitrogens with two attached hydrogens (primary N) is 1. The topological polar surface area (TPSA) is 56.9 Å². The molecule has 0 fully saturated rings. The quantitative estimate of drug-likeness (QED) is 0.647. The zero-order valence-electron chi connectivity index (χ0n) is 8.98. The highest BCUT2D eigenvalue weighted by Gasteiger charge is 2.14. The number of amidine groups is 1. The lowest BCUT2D eigenvalue weighted by Crippen LogP contribution is -2.49. The van der Waals surface area contributed by atoms with E-state index in [2.05, 4.69) is 23.7 Å². The molecular formula is C10H17N5. The maximum Gasteiger partial charge on any atom is 0.148 e. The summed E-state index contributed by atoms with van der Waals surface area (Å²) in [6, 6.07) is 0. The Hall–Kier alpha value is -1.75. The van der Waals surface area contributed by atoms with E-state index in [1.165, 1.54) is 0 Å². The molecule has 1 rings (SSSR count). The summed E-state index contributed by atoms with van der Waals surface area (Å²) in [5.41, 5.74) is 9.68. The lowest BCUT2D eigenvalue weighted by atomic mass is 10.4. The van der Waals surface area contributed by atoms with Crippen molar-refractivity contribution in [2.45, 2.75) is 6.92 Å². The van der Waals surface area contributed by atoms with Gasteiger partial charge < -0.3 is 5.73 Å². The zero-order valence-corrected chi connectivity index (χ0v) is 8.98. The van der Waals surface area contributed by atoms with E-state index in [0.717, 1.165) is 5.70 Å². The van der Waals surface area contributed by atoms with Crippen LogP contribution in [0.4, 0.5) is 0 Å². The molecule has 0 bridgehead atoms. The molecule has 15 heavy (non-hydrogen) atoms. The fraction of sp³-hybridized carbons (Fsp3) is 0.300. The van der Waals surface area contributed by atoms with E-state index in [9.17, 15) is 0 Å². The molecule has 0 amide bonds. The average molecular weight is 207 g/mol. The molecule has 1 aliphatic heterocycles. The van der Waals surface area contributed by atoms with E-state index in [1.807, 2.05) is 11.9 Å². The maximum atomic E-state index is 5.66. The maximum absolute atomic E-state index is 5.66. The predicted octanol–water partition coefficient (Wildman–Crippen LogP) is 0.572. The van der Waals surface area contributed by atoms with E-state index in [0.29, 0.717) is 18.9 Å². The molecule has 0 radical (unpaired) electrons. The first-order valence-corrected chi connectivity index (χ1v) is 4.73. The Balaban J connectivity index is 2.72. The van der Waals surface area contributed by atoms with Gasteiger partial charge in [0.25, 0.3) is 0 Å². The van der Waals surface area contributed by atoms with Crippen LogP contribution >= 0.6 is 0 Å². The smallest absolute Gasteiger partial charge is 0.148 e. The first kappa shape index (κ1) is 11.3. The van der Waals surface area contributed by atoms with Gasteiger partial charge in [-0.25, -0.2) is 0 Å². The molecule has 0 aliphatic carbocycles. The van der Waals surface area contributed by atoms with Crippen molar-refractivity contribution in [1.82, 2.24) is 15.7 Å². The van der Waals surface area contributed by atoms with Gasteiger partial charge in [0.1, 0.15) is 5.84 Å². The molecule has 82 valence electrons. The average Bonchev–Trinajstić information content (AvgIpc) is 2.16. The number of hydrazine groups is 2. The fourth-order valence-corrected chi connectivity index (χ4v) is 1.24. The minimum Gasteiger partial charge on any atom is -0.382 e. The number of hydrogen-bond donors (Lipinski definition) is 2. The van der Waals surface area contributed by atoms with Crippen LogP contribution in [0, 0.1) is 0 Å². The van der Waals surface area contributed by atoms with Crippen molar-refractivity contribution in [3.05, 3.63) is 37.1 Å². The van der Waals surface area contributed by atoms with Gasteiger partial charge in [0.2, 0.25) is 0 Å². The molecule has 0 aromatic heterocycles. The fourth-order valence-electron chi connectivity index (χ4n) is 1.24. The van der Waals surface area contributed by atoms with Crippen LogP contribution in [0.3, 0.4) is 0 Å². The second-order valence-electron chi connectivity index (χ2n) is 3.20. The highest BCUT2D eigenvalue weighted by Crippen LogP contribution is 2.04. The SMILES string of the molecule is C=CCN(CC=C)N1N=C(N)C=C(C)N1. The second kappa shape index (κ2) is 5.21. The molecule has 0 spiro atoms. The van der Waals surface area contributed by atoms with E-state index in [1.54, 1.807) is 23.5 Å². The van der Waals surface area contributed by atoms with Crippen LogP contribution in [0.15, 0.2) is 42.2 Å². The van der Waals surface area contributed by atoms with Gasteiger partial charge in [-0.2, -0.15) is 5.01 Å². The van der Waals surface area contributed by atoms with Gasteiger partial charge in [0.15, 0.2) is 0 Å². The van der Waals surface area contributed by atoms with Crippen LogP contribution in [0.2, 0.25) is 0 Å². The first-order chi connectivity index (χ1) is 7.17. The van der Waals surface area contributed by atoms with Crippen LogP contribution in [-0.4, -0.2) is 29.2 Å². The van der Waals surface area contributed by atoms with Crippen LogP contribution in [0.1, 0.15) is 6.92 Å². The monoisotopic (exact) mass is 207 g/mol. The molecule has 0 saturated carbocycles. The van der Waals surface area contributed by atoms with Crippen LogP contribution in [-0.2, 0) is 0 Å². The van der Waals surface area contributed by atoms with Crippen molar-refractivity contribution < 1.29 is 0 Å². The lowest BCUT2D eigenvalue weighted by molar-refractivity contribution is -0.0424. The molecular weight excluding hydrogens is 190 g/mol. The zero-order chi connectivity index (χ0) is 11.3. The minimum absolute atomic E-state index is 0.476. The molecule has 3 N–H and O–H groups in total. The number of hydrogen-bond acceptors (Lipinski definition) is 5. The van der Waals surface area contributed by atoms with E-state index in [4.69, 9.17) is 5.73 Å². The number of nitrogens with zero attached hydrogens (tertiary/aromatic N) is 3. The van der Waals surface area contributed by atoms with E-state index >= 15 is 0 Å². The van der Waals surface area contributed by atoms with Gasteiger partial charge in [-0.1, -0.05) is 12.2 Å². The van der Waals surface area contributed by atoms with Crippen molar-refractivity contribution >= 4 is 5.84 Å². The Bertz CT molecular complexity index is 295. The van der Waals surface area contributed by atoms with Gasteiger partial charge >= 0.3 is 0 Å². The molecule has 5 nitrogen and oxygen atoms in total. The van der Waals surface area contributed by atoms with Crippen molar-refractivity contribution in [3.63, 3.8) is 0 Å². The molecule has 1 aliphatic rings. The highest BCUT2D eigenvalue weighted by atomic mass is 15.9. The Kier molecular flexibility index (Phi) is 3.93. The van der Waals surface area contributed by atoms with Crippen LogP contribution in [0.25, 0.3) is 0 Å². The molecule has 0 atom stereocenters. The van der Waals surface area contributed by atoms with Crippen molar-refractivity contribution in [1.29, 1.82) is 0 Å². The predicted molar refractivity (Wildman–Crippen MR) is 62.3 cm³/mol. The van der Waals surface area contributed by atoms with Crippen molar-refractivity contribution in [2.24, 2.45) is 10.8 Å². The number of rotatable bonds is 5. The summed E-state index contributed by atoms with van der Waals surface area (Å²) in [5.74, 6) is 0.476. The van der Waals surface area contributed by atoms with E-state index in [-0.39, 0.29) is 0 Å². The van der Waals surface area contributed by atoms with Gasteiger partial charge in [0, 0.05) is 24.9 Å². The Morgan fingerprint density at radius 1 is 1.53 bits per heavy atom. The Labute approximate surface area is 90.2 Å². The van der Waals surface area contributed by atoms with E-state index < -0.39 is 0 Å². The normalized spacial score (nSPS) is 15.5. The molecule has 0 aromatic rings. The summed E-state index contributed by atoms with van der Waals surface area (Å²) in [6.45, 7) is 10.6. The summed E-state index contributed by atoms with van der Waals surface area (Å²) in [4.78, 5) is 0. The standard InChI is InChI=1S/C10H17N5/c1-4-6-14(7-5-2)15-12-9(3)8-10(11)13-15/h4-5,8,12H,1-2,6-7H2,3H3,(H2,11,13). The lowest BCUT2D eigenvalue weighted by Gasteiger charge is -2.33. The third-order valence-corrected chi connectivity index (χ3v) is 1.80. The van der Waals surface area contributed by atoms with Gasteiger partial charge in [-0.3, -0.25) is 5.43 Å². The highest BCUT2D eigenvalue weighted by molar-refractivity contribution is 5.92. The summed E-state index contributed by atoms with van der Waals surface area (Å²) in [7, 11) is 0. The Morgan fingerprint density at radius 3 is 2.60 bits per heavy atom. The van der Waals surface area contributed by atoms with Crippen LogP contribution in [0.5, 0.6) is 0 Å². The molecule has 0 aromatic carbocycles. The number of nitrogens with one attached hydrogen (secondary N) is 1.